The summed E-state index contributed by atoms with van der Waals surface area (Å²) in [5, 5.41) is 10.2. The maximum absolute atomic E-state index is 12.0. The first-order chi connectivity index (χ1) is 10.3. The first-order valence-corrected chi connectivity index (χ1v) is 8.28. The monoisotopic (exact) mass is 307 g/mol. The van der Waals surface area contributed by atoms with E-state index in [0.717, 1.165) is 18.0 Å². The molecule has 3 unspecified atom stereocenters. The SMILES string of the molecule is CC1CCCC(NCC(=O)Nc2cc(C(C)(C)C)no2)C1C. The third-order valence-electron chi connectivity index (χ3n) is 4.77. The number of anilines is 1. The van der Waals surface area contributed by atoms with Gasteiger partial charge in [0.25, 0.3) is 0 Å². The van der Waals surface area contributed by atoms with Crippen molar-refractivity contribution < 1.29 is 9.32 Å². The number of carbonyl (C=O) groups is 1. The molecule has 0 saturated heterocycles. The fraction of sp³-hybridized carbons (Fsp3) is 0.765. The molecular formula is C17H29N3O2. The van der Waals surface area contributed by atoms with Crippen LogP contribution in [0.1, 0.15) is 59.6 Å². The molecule has 0 spiro atoms. The Morgan fingerprint density at radius 1 is 1.36 bits per heavy atom. The van der Waals surface area contributed by atoms with Crippen molar-refractivity contribution in [3.05, 3.63) is 11.8 Å². The molecule has 5 nitrogen and oxygen atoms in total. The number of hydrogen-bond acceptors (Lipinski definition) is 4. The van der Waals surface area contributed by atoms with Crippen LogP contribution in [-0.4, -0.2) is 23.7 Å². The van der Waals surface area contributed by atoms with E-state index in [1.54, 1.807) is 6.07 Å². The molecule has 0 aliphatic heterocycles. The highest BCUT2D eigenvalue weighted by molar-refractivity contribution is 5.91. The number of aromatic nitrogens is 1. The largest absolute Gasteiger partial charge is 0.338 e. The van der Waals surface area contributed by atoms with Crippen LogP contribution in [0, 0.1) is 11.8 Å². The van der Waals surface area contributed by atoms with Gasteiger partial charge >= 0.3 is 0 Å². The molecule has 1 heterocycles. The fourth-order valence-corrected chi connectivity index (χ4v) is 2.96. The van der Waals surface area contributed by atoms with E-state index in [1.807, 2.05) is 0 Å². The normalized spacial score (nSPS) is 26.0. The first-order valence-electron chi connectivity index (χ1n) is 8.28. The van der Waals surface area contributed by atoms with Crippen molar-refractivity contribution in [2.75, 3.05) is 11.9 Å². The molecule has 0 aromatic carbocycles. The average Bonchev–Trinajstić information content (AvgIpc) is 2.89. The van der Waals surface area contributed by atoms with Crippen molar-refractivity contribution in [1.82, 2.24) is 10.5 Å². The number of carbonyl (C=O) groups excluding carboxylic acids is 1. The number of nitrogens with one attached hydrogen (secondary N) is 2. The van der Waals surface area contributed by atoms with Gasteiger partial charge in [-0.15, -0.1) is 0 Å². The van der Waals surface area contributed by atoms with Gasteiger partial charge in [0, 0.05) is 17.5 Å². The molecule has 1 amide bonds. The lowest BCUT2D eigenvalue weighted by Gasteiger charge is -2.34. The van der Waals surface area contributed by atoms with Gasteiger partial charge < -0.3 is 9.84 Å². The quantitative estimate of drug-likeness (QED) is 0.895. The van der Waals surface area contributed by atoms with Crippen LogP contribution < -0.4 is 10.6 Å². The van der Waals surface area contributed by atoms with Crippen LogP contribution in [0.3, 0.4) is 0 Å². The van der Waals surface area contributed by atoms with Gasteiger partial charge in [-0.05, 0) is 18.3 Å². The summed E-state index contributed by atoms with van der Waals surface area (Å²) in [5.74, 6) is 1.67. The zero-order valence-electron chi connectivity index (χ0n) is 14.4. The summed E-state index contributed by atoms with van der Waals surface area (Å²) in [5.41, 5.74) is 0.753. The third-order valence-corrected chi connectivity index (χ3v) is 4.77. The van der Waals surface area contributed by atoms with Gasteiger partial charge in [0.1, 0.15) is 0 Å². The van der Waals surface area contributed by atoms with Crippen LogP contribution in [0.15, 0.2) is 10.6 Å². The molecule has 22 heavy (non-hydrogen) atoms. The van der Waals surface area contributed by atoms with E-state index in [4.69, 9.17) is 4.52 Å². The minimum absolute atomic E-state index is 0.0814. The van der Waals surface area contributed by atoms with Crippen LogP contribution in [0.4, 0.5) is 5.88 Å². The highest BCUT2D eigenvalue weighted by Crippen LogP contribution is 2.29. The van der Waals surface area contributed by atoms with Crippen LogP contribution in [0.25, 0.3) is 0 Å². The standard InChI is InChI=1S/C17H29N3O2/c1-11-7-6-8-13(12(11)2)18-10-15(21)19-16-9-14(20-22-16)17(3,4)5/h9,11-13,18H,6-8,10H2,1-5H3,(H,19,21). The van der Waals surface area contributed by atoms with Gasteiger partial charge in [0.05, 0.1) is 12.2 Å². The molecule has 3 atom stereocenters. The first kappa shape index (κ1) is 17.0. The van der Waals surface area contributed by atoms with Gasteiger partial charge in [0.2, 0.25) is 11.8 Å². The van der Waals surface area contributed by atoms with Gasteiger partial charge in [0.15, 0.2) is 0 Å². The topological polar surface area (TPSA) is 67.2 Å². The Bertz CT molecular complexity index is 504. The highest BCUT2D eigenvalue weighted by atomic mass is 16.5. The minimum Gasteiger partial charge on any atom is -0.338 e. The second kappa shape index (κ2) is 6.82. The lowest BCUT2D eigenvalue weighted by Crippen LogP contribution is -2.43. The van der Waals surface area contributed by atoms with Gasteiger partial charge in [-0.1, -0.05) is 52.6 Å². The van der Waals surface area contributed by atoms with Crippen molar-refractivity contribution in [3.8, 4) is 0 Å². The summed E-state index contributed by atoms with van der Waals surface area (Å²) in [7, 11) is 0. The summed E-state index contributed by atoms with van der Waals surface area (Å²) in [6.07, 6.45) is 3.68. The summed E-state index contributed by atoms with van der Waals surface area (Å²) < 4.78 is 5.18. The van der Waals surface area contributed by atoms with Crippen molar-refractivity contribution in [2.45, 2.75) is 65.3 Å². The Morgan fingerprint density at radius 2 is 2.09 bits per heavy atom. The van der Waals surface area contributed by atoms with Crippen LogP contribution in [0.2, 0.25) is 0 Å². The lowest BCUT2D eigenvalue weighted by molar-refractivity contribution is -0.115. The molecule has 5 heteroatoms. The second-order valence-electron chi connectivity index (χ2n) is 7.63. The molecule has 1 aromatic rings. The molecular weight excluding hydrogens is 278 g/mol. The van der Waals surface area contributed by atoms with E-state index >= 15 is 0 Å². The predicted molar refractivity (Wildman–Crippen MR) is 87.8 cm³/mol. The average molecular weight is 307 g/mol. The minimum atomic E-state index is -0.0849. The van der Waals surface area contributed by atoms with E-state index in [2.05, 4.69) is 50.4 Å². The van der Waals surface area contributed by atoms with E-state index in [-0.39, 0.29) is 11.3 Å². The van der Waals surface area contributed by atoms with Crippen molar-refractivity contribution in [1.29, 1.82) is 0 Å². The molecule has 0 bridgehead atoms. The molecule has 2 N–H and O–H groups in total. The molecule has 1 aliphatic carbocycles. The van der Waals surface area contributed by atoms with Gasteiger partial charge in [-0.3, -0.25) is 10.1 Å². The summed E-state index contributed by atoms with van der Waals surface area (Å²) in [6.45, 7) is 11.1. The van der Waals surface area contributed by atoms with Crippen molar-refractivity contribution >= 4 is 11.8 Å². The Kier molecular flexibility index (Phi) is 5.27. The number of nitrogens with zero attached hydrogens (tertiary/aromatic N) is 1. The Morgan fingerprint density at radius 3 is 2.73 bits per heavy atom. The molecule has 1 aromatic heterocycles. The second-order valence-corrected chi connectivity index (χ2v) is 7.63. The molecule has 1 saturated carbocycles. The Labute approximate surface area is 133 Å². The highest BCUT2D eigenvalue weighted by Gasteiger charge is 2.27. The molecule has 1 fully saturated rings. The molecule has 2 rings (SSSR count). The lowest BCUT2D eigenvalue weighted by atomic mass is 9.78. The smallest absolute Gasteiger partial charge is 0.240 e. The van der Waals surface area contributed by atoms with Crippen molar-refractivity contribution in [2.24, 2.45) is 11.8 Å². The van der Waals surface area contributed by atoms with E-state index in [1.165, 1.54) is 12.8 Å². The Hall–Kier alpha value is -1.36. The van der Waals surface area contributed by atoms with E-state index in [9.17, 15) is 4.79 Å². The van der Waals surface area contributed by atoms with Crippen LogP contribution in [0.5, 0.6) is 0 Å². The fourth-order valence-electron chi connectivity index (χ4n) is 2.96. The van der Waals surface area contributed by atoms with Crippen molar-refractivity contribution in [3.63, 3.8) is 0 Å². The number of hydrogen-bond donors (Lipinski definition) is 2. The van der Waals surface area contributed by atoms with Gasteiger partial charge in [-0.2, -0.15) is 0 Å². The van der Waals surface area contributed by atoms with Crippen LogP contribution >= 0.6 is 0 Å². The summed E-state index contributed by atoms with van der Waals surface area (Å²) in [4.78, 5) is 12.0. The molecule has 0 radical (unpaired) electrons. The van der Waals surface area contributed by atoms with Crippen LogP contribution in [-0.2, 0) is 10.2 Å². The third kappa shape index (κ3) is 4.32. The zero-order chi connectivity index (χ0) is 16.3. The maximum atomic E-state index is 12.0. The maximum Gasteiger partial charge on any atom is 0.240 e. The van der Waals surface area contributed by atoms with E-state index in [0.29, 0.717) is 24.4 Å². The van der Waals surface area contributed by atoms with Gasteiger partial charge in [-0.25, -0.2) is 0 Å². The number of rotatable bonds is 4. The molecule has 124 valence electrons. The summed E-state index contributed by atoms with van der Waals surface area (Å²) in [6, 6.07) is 2.22. The number of amides is 1. The van der Waals surface area contributed by atoms with E-state index < -0.39 is 0 Å². The molecule has 1 aliphatic rings. The zero-order valence-corrected chi connectivity index (χ0v) is 14.4. The Balaban J connectivity index is 1.82. The summed E-state index contributed by atoms with van der Waals surface area (Å²) >= 11 is 0. The predicted octanol–water partition coefficient (Wildman–Crippen LogP) is 3.32.